The number of sulfonamides is 1. The Balaban J connectivity index is 1.96. The minimum absolute atomic E-state index is 0.0538. The molecule has 0 saturated carbocycles. The van der Waals surface area contributed by atoms with Crippen molar-refractivity contribution >= 4 is 44.8 Å². The van der Waals surface area contributed by atoms with Crippen molar-refractivity contribution in [1.29, 1.82) is 0 Å². The van der Waals surface area contributed by atoms with Crippen LogP contribution in [0.1, 0.15) is 21.5 Å². The molecule has 0 unspecified atom stereocenters. The molecule has 0 saturated heterocycles. The molecule has 2 aromatic rings. The summed E-state index contributed by atoms with van der Waals surface area (Å²) in [7, 11) is -5.69. The lowest BCUT2D eigenvalue weighted by molar-refractivity contribution is -0.0429. The summed E-state index contributed by atoms with van der Waals surface area (Å²) >= 11 is 11.9. The molecule has 2 aromatic carbocycles. The third-order valence-electron chi connectivity index (χ3n) is 4.23. The lowest BCUT2D eigenvalue weighted by Crippen LogP contribution is -2.37. The second-order valence-electron chi connectivity index (χ2n) is 6.11. The third kappa shape index (κ3) is 4.06. The van der Waals surface area contributed by atoms with Crippen molar-refractivity contribution in [2.24, 2.45) is 0 Å². The van der Waals surface area contributed by atoms with Gasteiger partial charge in [-0.15, -0.1) is 0 Å². The summed E-state index contributed by atoms with van der Waals surface area (Å²) in [5, 5.41) is -0.208. The Bertz CT molecular complexity index is 1040. The summed E-state index contributed by atoms with van der Waals surface area (Å²) < 4.78 is 62.8. The molecular formula is C17H13Cl2F3N2O3S. The predicted molar refractivity (Wildman–Crippen MR) is 99.9 cm³/mol. The van der Waals surface area contributed by atoms with Gasteiger partial charge in [-0.25, -0.2) is 0 Å². The van der Waals surface area contributed by atoms with E-state index < -0.39 is 21.2 Å². The lowest BCUT2D eigenvalue weighted by Gasteiger charge is -2.29. The Hall–Kier alpha value is -1.97. The molecular weight excluding hydrogens is 440 g/mol. The van der Waals surface area contributed by atoms with Gasteiger partial charge in [0.15, 0.2) is 0 Å². The van der Waals surface area contributed by atoms with Crippen LogP contribution in [-0.4, -0.2) is 31.3 Å². The van der Waals surface area contributed by atoms with E-state index in [1.54, 1.807) is 12.1 Å². The third-order valence-corrected chi connectivity index (χ3v) is 5.82. The topological polar surface area (TPSA) is 66.5 Å². The van der Waals surface area contributed by atoms with Crippen molar-refractivity contribution in [3.05, 3.63) is 63.1 Å². The number of nitrogens with one attached hydrogen (secondary N) is 1. The van der Waals surface area contributed by atoms with Gasteiger partial charge in [-0.1, -0.05) is 41.4 Å². The summed E-state index contributed by atoms with van der Waals surface area (Å²) in [6.07, 6.45) is 0.555. The van der Waals surface area contributed by atoms with Crippen LogP contribution in [-0.2, 0) is 23.0 Å². The van der Waals surface area contributed by atoms with Gasteiger partial charge >= 0.3 is 15.5 Å². The second kappa shape index (κ2) is 7.46. The molecule has 0 aliphatic carbocycles. The van der Waals surface area contributed by atoms with Crippen LogP contribution in [0.4, 0.5) is 18.9 Å². The summed E-state index contributed by atoms with van der Waals surface area (Å²) in [5.74, 6) is -0.317. The number of amides is 1. The zero-order chi connectivity index (χ0) is 20.7. The van der Waals surface area contributed by atoms with Crippen LogP contribution in [0.15, 0.2) is 36.4 Å². The van der Waals surface area contributed by atoms with E-state index in [0.717, 1.165) is 11.6 Å². The number of rotatable bonds is 4. The summed E-state index contributed by atoms with van der Waals surface area (Å²) in [4.78, 5) is 14.1. The molecule has 1 heterocycles. The molecule has 1 N–H and O–H groups in total. The zero-order valence-corrected chi connectivity index (χ0v) is 16.4. The zero-order valence-electron chi connectivity index (χ0n) is 14.1. The number of alkyl halides is 3. The van der Waals surface area contributed by atoms with Crippen LogP contribution in [0.5, 0.6) is 0 Å². The van der Waals surface area contributed by atoms with E-state index >= 15 is 0 Å². The number of hydrogen-bond acceptors (Lipinski definition) is 3. The minimum Gasteiger partial charge on any atom is -0.334 e. The van der Waals surface area contributed by atoms with Crippen molar-refractivity contribution in [2.75, 3.05) is 11.3 Å². The number of hydrogen-bond donors (Lipinski definition) is 1. The average Bonchev–Trinajstić information content (AvgIpc) is 2.59. The standard InChI is InChI=1S/C17H13Cl2F3N2O3S/c18-12-7-11(15(14(19)8-12)23-28(26,27)17(20,21)22)9-24-6-5-10-3-1-2-4-13(10)16(24)25/h1-4,7-8,23H,5-6,9H2. The average molecular weight is 453 g/mol. The van der Waals surface area contributed by atoms with Gasteiger partial charge in [-0.2, -0.15) is 21.6 Å². The Morgan fingerprint density at radius 1 is 1.14 bits per heavy atom. The highest BCUT2D eigenvalue weighted by Gasteiger charge is 2.46. The van der Waals surface area contributed by atoms with Gasteiger partial charge in [0.25, 0.3) is 5.91 Å². The molecule has 0 spiro atoms. The molecule has 1 aliphatic rings. The first-order chi connectivity index (χ1) is 13.0. The van der Waals surface area contributed by atoms with E-state index in [9.17, 15) is 26.4 Å². The van der Waals surface area contributed by atoms with Crippen LogP contribution >= 0.6 is 23.2 Å². The minimum atomic E-state index is -5.69. The molecule has 1 aliphatic heterocycles. The van der Waals surface area contributed by atoms with E-state index in [-0.39, 0.29) is 28.1 Å². The maximum absolute atomic E-state index is 12.8. The molecule has 1 amide bonds. The van der Waals surface area contributed by atoms with Crippen molar-refractivity contribution in [3.63, 3.8) is 0 Å². The SMILES string of the molecule is O=C1c2ccccc2CCN1Cc1cc(Cl)cc(Cl)c1NS(=O)(=O)C(F)(F)F. The van der Waals surface area contributed by atoms with Gasteiger partial charge in [0.05, 0.1) is 10.7 Å². The predicted octanol–water partition coefficient (Wildman–Crippen LogP) is 4.45. The van der Waals surface area contributed by atoms with E-state index in [1.807, 2.05) is 12.1 Å². The molecule has 0 atom stereocenters. The largest absolute Gasteiger partial charge is 0.516 e. The first kappa shape index (κ1) is 20.8. The van der Waals surface area contributed by atoms with Crippen LogP contribution < -0.4 is 4.72 Å². The fourth-order valence-corrected chi connectivity index (χ4v) is 4.15. The molecule has 0 fully saturated rings. The normalized spacial score (nSPS) is 14.8. The second-order valence-corrected chi connectivity index (χ2v) is 8.62. The monoisotopic (exact) mass is 452 g/mol. The Morgan fingerprint density at radius 3 is 2.50 bits per heavy atom. The highest BCUT2D eigenvalue weighted by Crippen LogP contribution is 2.35. The van der Waals surface area contributed by atoms with Crippen molar-refractivity contribution < 1.29 is 26.4 Å². The fourth-order valence-electron chi connectivity index (χ4n) is 2.89. The molecule has 150 valence electrons. The van der Waals surface area contributed by atoms with Crippen LogP contribution in [0.25, 0.3) is 0 Å². The van der Waals surface area contributed by atoms with Gasteiger partial charge < -0.3 is 4.90 Å². The van der Waals surface area contributed by atoms with Crippen LogP contribution in [0.3, 0.4) is 0 Å². The van der Waals surface area contributed by atoms with Gasteiger partial charge in [0.1, 0.15) is 0 Å². The summed E-state index contributed by atoms with van der Waals surface area (Å²) in [5.41, 5.74) is -4.58. The molecule has 11 heteroatoms. The number of anilines is 1. The van der Waals surface area contributed by atoms with Crippen LogP contribution in [0.2, 0.25) is 10.0 Å². The Labute approximate surface area is 169 Å². The highest BCUT2D eigenvalue weighted by atomic mass is 35.5. The van der Waals surface area contributed by atoms with Crippen molar-refractivity contribution in [2.45, 2.75) is 18.5 Å². The number of nitrogens with zero attached hydrogens (tertiary/aromatic N) is 1. The summed E-state index contributed by atoms with van der Waals surface area (Å²) in [6.45, 7) is 0.147. The first-order valence-corrected chi connectivity index (χ1v) is 10.2. The van der Waals surface area contributed by atoms with Crippen molar-refractivity contribution in [3.8, 4) is 0 Å². The van der Waals surface area contributed by atoms with Crippen molar-refractivity contribution in [1.82, 2.24) is 4.90 Å². The van der Waals surface area contributed by atoms with Gasteiger partial charge in [-0.3, -0.25) is 9.52 Å². The first-order valence-electron chi connectivity index (χ1n) is 7.94. The number of halogens is 5. The molecule has 28 heavy (non-hydrogen) atoms. The van der Waals surface area contributed by atoms with E-state index in [0.29, 0.717) is 18.5 Å². The van der Waals surface area contributed by atoms with Gasteiger partial charge in [0, 0.05) is 23.7 Å². The van der Waals surface area contributed by atoms with E-state index in [1.165, 1.54) is 15.7 Å². The number of benzene rings is 2. The molecule has 5 nitrogen and oxygen atoms in total. The highest BCUT2D eigenvalue weighted by molar-refractivity contribution is 7.93. The van der Waals surface area contributed by atoms with E-state index in [2.05, 4.69) is 0 Å². The van der Waals surface area contributed by atoms with E-state index in [4.69, 9.17) is 23.2 Å². The number of carbonyl (C=O) groups is 1. The molecule has 0 bridgehead atoms. The molecule has 0 aromatic heterocycles. The van der Waals surface area contributed by atoms with Gasteiger partial charge in [-0.05, 0) is 35.7 Å². The molecule has 0 radical (unpaired) electrons. The molecule has 3 rings (SSSR count). The fraction of sp³-hybridized carbons (Fsp3) is 0.235. The van der Waals surface area contributed by atoms with Crippen LogP contribution in [0, 0.1) is 0 Å². The Kier molecular flexibility index (Phi) is 5.53. The maximum Gasteiger partial charge on any atom is 0.516 e. The lowest BCUT2D eigenvalue weighted by atomic mass is 9.98. The number of carbonyl (C=O) groups excluding carboxylic acids is 1. The van der Waals surface area contributed by atoms with Gasteiger partial charge in [0.2, 0.25) is 0 Å². The smallest absolute Gasteiger partial charge is 0.334 e. The maximum atomic E-state index is 12.8. The number of fused-ring (bicyclic) bond motifs is 1. The Morgan fingerprint density at radius 2 is 1.82 bits per heavy atom. The quantitative estimate of drug-likeness (QED) is 0.744. The summed E-state index contributed by atoms with van der Waals surface area (Å²) in [6, 6.07) is 9.39.